The molecular formula is C18H31Cl2N3O. The van der Waals surface area contributed by atoms with Crippen molar-refractivity contribution < 1.29 is 4.79 Å². The minimum absolute atomic E-state index is 0. The van der Waals surface area contributed by atoms with Gasteiger partial charge in [0.05, 0.1) is 0 Å². The third kappa shape index (κ3) is 7.84. The molecule has 6 heteroatoms. The summed E-state index contributed by atoms with van der Waals surface area (Å²) in [7, 11) is 0. The Hall–Kier alpha value is -0.810. The van der Waals surface area contributed by atoms with Crippen LogP contribution >= 0.6 is 24.8 Å². The van der Waals surface area contributed by atoms with Gasteiger partial charge >= 0.3 is 0 Å². The Labute approximate surface area is 158 Å². The maximum atomic E-state index is 11.8. The summed E-state index contributed by atoms with van der Waals surface area (Å²) in [5, 5.41) is 2.98. The first kappa shape index (κ1) is 23.2. The van der Waals surface area contributed by atoms with E-state index >= 15 is 0 Å². The summed E-state index contributed by atoms with van der Waals surface area (Å²) in [6.45, 7) is 8.09. The first-order valence-electron chi connectivity index (χ1n) is 8.36. The molecule has 4 nitrogen and oxygen atoms in total. The highest BCUT2D eigenvalue weighted by Gasteiger charge is 2.17. The number of nitrogens with two attached hydrogens (primary N) is 1. The van der Waals surface area contributed by atoms with E-state index in [0.717, 1.165) is 12.5 Å². The summed E-state index contributed by atoms with van der Waals surface area (Å²) in [4.78, 5) is 14.3. The average molecular weight is 376 g/mol. The van der Waals surface area contributed by atoms with Gasteiger partial charge in [0, 0.05) is 32.1 Å². The van der Waals surface area contributed by atoms with Crippen LogP contribution in [-0.2, 0) is 17.9 Å². The normalized spacial score (nSPS) is 18.9. The molecule has 3 N–H and O–H groups in total. The Bertz CT molecular complexity index is 497. The number of rotatable bonds is 6. The molecule has 1 aliphatic rings. The van der Waals surface area contributed by atoms with Gasteiger partial charge in [-0.3, -0.25) is 9.69 Å². The SMILES string of the molecule is CC(N)CC(=O)NCc1ccccc1CN1CCCC(C)C1.Cl.Cl. The van der Waals surface area contributed by atoms with Gasteiger partial charge in [0.1, 0.15) is 0 Å². The monoisotopic (exact) mass is 375 g/mol. The molecule has 24 heavy (non-hydrogen) atoms. The molecule has 1 aromatic rings. The zero-order chi connectivity index (χ0) is 15.9. The van der Waals surface area contributed by atoms with Gasteiger partial charge in [-0.05, 0) is 43.4 Å². The van der Waals surface area contributed by atoms with E-state index in [1.807, 2.05) is 13.0 Å². The molecular weight excluding hydrogens is 345 g/mol. The van der Waals surface area contributed by atoms with Crippen LogP contribution in [0.5, 0.6) is 0 Å². The van der Waals surface area contributed by atoms with Crippen LogP contribution in [-0.4, -0.2) is 29.9 Å². The number of nitrogens with one attached hydrogen (secondary N) is 1. The highest BCUT2D eigenvalue weighted by molar-refractivity contribution is 5.85. The van der Waals surface area contributed by atoms with E-state index in [1.165, 1.54) is 37.1 Å². The van der Waals surface area contributed by atoms with Crippen LogP contribution in [0.4, 0.5) is 0 Å². The van der Waals surface area contributed by atoms with Crippen molar-refractivity contribution in [3.63, 3.8) is 0 Å². The van der Waals surface area contributed by atoms with E-state index in [2.05, 4.69) is 35.3 Å². The number of carbonyl (C=O) groups excluding carboxylic acids is 1. The minimum atomic E-state index is -0.0925. The van der Waals surface area contributed by atoms with E-state index in [-0.39, 0.29) is 36.8 Å². The van der Waals surface area contributed by atoms with Crippen LogP contribution in [0.3, 0.4) is 0 Å². The smallest absolute Gasteiger partial charge is 0.221 e. The van der Waals surface area contributed by atoms with E-state index in [0.29, 0.717) is 13.0 Å². The number of halogens is 2. The van der Waals surface area contributed by atoms with Crippen molar-refractivity contribution in [2.75, 3.05) is 13.1 Å². The van der Waals surface area contributed by atoms with Crippen LogP contribution in [0.2, 0.25) is 0 Å². The second kappa shape index (κ2) is 11.7. The summed E-state index contributed by atoms with van der Waals surface area (Å²) >= 11 is 0. The Balaban J connectivity index is 0.00000264. The third-order valence-electron chi connectivity index (χ3n) is 4.24. The fourth-order valence-electron chi connectivity index (χ4n) is 3.11. The zero-order valence-electron chi connectivity index (χ0n) is 14.7. The van der Waals surface area contributed by atoms with Crippen molar-refractivity contribution in [3.8, 4) is 0 Å². The van der Waals surface area contributed by atoms with Gasteiger partial charge in [0.2, 0.25) is 5.91 Å². The van der Waals surface area contributed by atoms with Crippen molar-refractivity contribution in [2.24, 2.45) is 11.7 Å². The lowest BCUT2D eigenvalue weighted by Crippen LogP contribution is -2.34. The topological polar surface area (TPSA) is 58.4 Å². The van der Waals surface area contributed by atoms with Crippen LogP contribution in [0.1, 0.15) is 44.2 Å². The number of carbonyl (C=O) groups is 1. The average Bonchev–Trinajstić information content (AvgIpc) is 2.46. The lowest BCUT2D eigenvalue weighted by Gasteiger charge is -2.31. The second-order valence-electron chi connectivity index (χ2n) is 6.71. The Morgan fingerprint density at radius 1 is 1.33 bits per heavy atom. The molecule has 0 saturated carbocycles. The van der Waals surface area contributed by atoms with Gasteiger partial charge in [0.25, 0.3) is 0 Å². The molecule has 2 atom stereocenters. The highest BCUT2D eigenvalue weighted by Crippen LogP contribution is 2.19. The quantitative estimate of drug-likeness (QED) is 0.802. The van der Waals surface area contributed by atoms with E-state index in [1.54, 1.807) is 0 Å². The van der Waals surface area contributed by atoms with E-state index < -0.39 is 0 Å². The Morgan fingerprint density at radius 3 is 2.62 bits per heavy atom. The molecule has 1 aliphatic heterocycles. The molecule has 1 heterocycles. The fraction of sp³-hybridized carbons (Fsp3) is 0.611. The molecule has 1 fully saturated rings. The number of amides is 1. The Morgan fingerprint density at radius 2 is 2.00 bits per heavy atom. The summed E-state index contributed by atoms with van der Waals surface area (Å²) in [6.07, 6.45) is 3.01. The van der Waals surface area contributed by atoms with Gasteiger partial charge in [-0.1, -0.05) is 31.2 Å². The van der Waals surface area contributed by atoms with E-state index in [4.69, 9.17) is 5.73 Å². The predicted octanol–water partition coefficient (Wildman–Crippen LogP) is 3.12. The summed E-state index contributed by atoms with van der Waals surface area (Å²) < 4.78 is 0. The summed E-state index contributed by atoms with van der Waals surface area (Å²) in [5.74, 6) is 0.808. The Kier molecular flexibility index (Phi) is 11.3. The molecule has 138 valence electrons. The zero-order valence-corrected chi connectivity index (χ0v) is 16.3. The van der Waals surface area contributed by atoms with Crippen molar-refractivity contribution in [3.05, 3.63) is 35.4 Å². The van der Waals surface area contributed by atoms with Crippen LogP contribution in [0, 0.1) is 5.92 Å². The van der Waals surface area contributed by atoms with E-state index in [9.17, 15) is 4.79 Å². The standard InChI is InChI=1S/C18H29N3O.2ClH/c1-14-6-5-9-21(12-14)13-17-8-4-3-7-16(17)11-20-18(22)10-15(2)19;;/h3-4,7-8,14-15H,5-6,9-13,19H2,1-2H3,(H,20,22);2*1H. The van der Waals surface area contributed by atoms with Gasteiger partial charge in [-0.15, -0.1) is 24.8 Å². The molecule has 1 saturated heterocycles. The number of nitrogens with zero attached hydrogens (tertiary/aromatic N) is 1. The number of hydrogen-bond donors (Lipinski definition) is 2. The van der Waals surface area contributed by atoms with Crippen LogP contribution < -0.4 is 11.1 Å². The fourth-order valence-corrected chi connectivity index (χ4v) is 3.11. The number of likely N-dealkylation sites (tertiary alicyclic amines) is 1. The second-order valence-corrected chi connectivity index (χ2v) is 6.71. The first-order chi connectivity index (χ1) is 10.5. The molecule has 0 aromatic heterocycles. The molecule has 1 amide bonds. The van der Waals surface area contributed by atoms with Crippen LogP contribution in [0.25, 0.3) is 0 Å². The largest absolute Gasteiger partial charge is 0.352 e. The first-order valence-corrected chi connectivity index (χ1v) is 8.36. The number of hydrogen-bond acceptors (Lipinski definition) is 3. The molecule has 0 radical (unpaired) electrons. The van der Waals surface area contributed by atoms with Gasteiger partial charge < -0.3 is 11.1 Å². The number of piperidine rings is 1. The van der Waals surface area contributed by atoms with Crippen molar-refractivity contribution in [1.29, 1.82) is 0 Å². The highest BCUT2D eigenvalue weighted by atomic mass is 35.5. The third-order valence-corrected chi connectivity index (χ3v) is 4.24. The lowest BCUT2D eigenvalue weighted by atomic mass is 9.99. The van der Waals surface area contributed by atoms with Gasteiger partial charge in [-0.25, -0.2) is 0 Å². The van der Waals surface area contributed by atoms with Crippen LogP contribution in [0.15, 0.2) is 24.3 Å². The molecule has 0 bridgehead atoms. The predicted molar refractivity (Wildman–Crippen MR) is 105 cm³/mol. The molecule has 2 rings (SSSR count). The summed E-state index contributed by atoms with van der Waals surface area (Å²) in [6, 6.07) is 8.30. The van der Waals surface area contributed by atoms with Crippen molar-refractivity contribution in [2.45, 2.75) is 52.2 Å². The summed E-state index contributed by atoms with van der Waals surface area (Å²) in [5.41, 5.74) is 8.19. The number of benzene rings is 1. The minimum Gasteiger partial charge on any atom is -0.352 e. The van der Waals surface area contributed by atoms with Crippen molar-refractivity contribution in [1.82, 2.24) is 10.2 Å². The lowest BCUT2D eigenvalue weighted by molar-refractivity contribution is -0.121. The molecule has 1 aromatic carbocycles. The maximum absolute atomic E-state index is 11.8. The van der Waals surface area contributed by atoms with Crippen molar-refractivity contribution >= 4 is 30.7 Å². The maximum Gasteiger partial charge on any atom is 0.221 e. The molecule has 2 unspecified atom stereocenters. The molecule has 0 aliphatic carbocycles. The molecule has 0 spiro atoms. The van der Waals surface area contributed by atoms with Gasteiger partial charge in [0.15, 0.2) is 0 Å². The van der Waals surface area contributed by atoms with Gasteiger partial charge in [-0.2, -0.15) is 0 Å².